The molecule has 0 aromatic heterocycles. The first-order chi connectivity index (χ1) is 19.0. The van der Waals surface area contributed by atoms with Gasteiger partial charge in [0.1, 0.15) is 0 Å². The van der Waals surface area contributed by atoms with Crippen LogP contribution in [0.3, 0.4) is 0 Å². The highest BCUT2D eigenvalue weighted by atomic mass is 16.6. The molecule has 0 bridgehead atoms. The third-order valence-electron chi connectivity index (χ3n) is 8.20. The van der Waals surface area contributed by atoms with Crippen LogP contribution in [-0.2, 0) is 4.74 Å². The van der Waals surface area contributed by atoms with Crippen LogP contribution in [0.25, 0.3) is 43.1 Å². The van der Waals surface area contributed by atoms with E-state index in [1.807, 2.05) is 24.3 Å². The number of carbonyl (C=O) groups excluding carboxylic acids is 4. The number of hydrogen-bond donors (Lipinski definition) is 0. The molecule has 6 nitrogen and oxygen atoms in total. The van der Waals surface area contributed by atoms with Gasteiger partial charge < -0.3 is 4.74 Å². The molecule has 0 saturated carbocycles. The second-order valence-electron chi connectivity index (χ2n) is 10.2. The van der Waals surface area contributed by atoms with E-state index < -0.39 is 11.9 Å². The highest BCUT2D eigenvalue weighted by Crippen LogP contribution is 2.46. The van der Waals surface area contributed by atoms with Gasteiger partial charge in [-0.25, -0.2) is 9.59 Å². The molecule has 5 aromatic carbocycles. The smallest absolute Gasteiger partial charge is 0.346 e. The molecule has 39 heavy (non-hydrogen) atoms. The third-order valence-corrected chi connectivity index (χ3v) is 8.20. The number of nitrogens with zero attached hydrogens (tertiary/aromatic N) is 1. The van der Waals surface area contributed by atoms with Crippen molar-refractivity contribution in [3.05, 3.63) is 96.1 Å². The van der Waals surface area contributed by atoms with E-state index in [-0.39, 0.29) is 17.9 Å². The molecule has 6 heteroatoms. The number of ether oxygens (including phenoxy) is 1. The van der Waals surface area contributed by atoms with Crippen molar-refractivity contribution in [2.75, 3.05) is 0 Å². The van der Waals surface area contributed by atoms with Gasteiger partial charge in [-0.2, -0.15) is 0 Å². The van der Waals surface area contributed by atoms with Crippen LogP contribution >= 0.6 is 0 Å². The zero-order chi connectivity index (χ0) is 27.0. The summed E-state index contributed by atoms with van der Waals surface area (Å²) >= 11 is 0. The van der Waals surface area contributed by atoms with Crippen molar-refractivity contribution < 1.29 is 23.9 Å². The minimum atomic E-state index is -0.661. The standard InChI is InChI=1S/C33H23NO5/c1-3-5-7-17(8-6-4-2)34-30(35)22-13-9-18-20-11-15-24-29-25(33(38)39-32(24)37)16-12-21(27(20)29)19-10-14-23(31(34)36)28(22)26(18)19/h3-4,9-17H,1-2,5-8H2. The number of benzene rings is 5. The molecule has 0 radical (unpaired) electrons. The van der Waals surface area contributed by atoms with Crippen molar-refractivity contribution in [1.82, 2.24) is 4.90 Å². The first-order valence-electron chi connectivity index (χ1n) is 13.0. The maximum atomic E-state index is 13.9. The molecular formula is C33H23NO5. The molecule has 2 aliphatic rings. The number of allylic oxidation sites excluding steroid dienone is 2. The molecule has 0 aliphatic carbocycles. The van der Waals surface area contributed by atoms with Gasteiger partial charge in [0, 0.05) is 27.9 Å². The first-order valence-corrected chi connectivity index (χ1v) is 13.0. The predicted molar refractivity (Wildman–Crippen MR) is 151 cm³/mol. The van der Waals surface area contributed by atoms with Crippen LogP contribution in [0, 0.1) is 0 Å². The minimum absolute atomic E-state index is 0.259. The number of esters is 2. The lowest BCUT2D eigenvalue weighted by molar-refractivity contribution is 0.0389. The lowest BCUT2D eigenvalue weighted by Crippen LogP contribution is -2.47. The Labute approximate surface area is 223 Å². The van der Waals surface area contributed by atoms with Gasteiger partial charge in [-0.15, -0.1) is 13.2 Å². The molecule has 0 unspecified atom stereocenters. The van der Waals surface area contributed by atoms with Crippen LogP contribution in [0.15, 0.2) is 73.8 Å². The monoisotopic (exact) mass is 513 g/mol. The maximum absolute atomic E-state index is 13.9. The molecule has 0 fully saturated rings. The number of imide groups is 1. The van der Waals surface area contributed by atoms with Crippen LogP contribution in [0.4, 0.5) is 0 Å². The van der Waals surface area contributed by atoms with Crippen LogP contribution in [0.2, 0.25) is 0 Å². The van der Waals surface area contributed by atoms with Crippen molar-refractivity contribution in [1.29, 1.82) is 0 Å². The molecule has 2 amide bonds. The summed E-state index contributed by atoms with van der Waals surface area (Å²) < 4.78 is 4.95. The Morgan fingerprint density at radius 3 is 1.38 bits per heavy atom. The van der Waals surface area contributed by atoms with Crippen molar-refractivity contribution >= 4 is 66.8 Å². The zero-order valence-electron chi connectivity index (χ0n) is 21.1. The lowest BCUT2D eigenvalue weighted by Gasteiger charge is -2.34. The summed E-state index contributed by atoms with van der Waals surface area (Å²) in [5.41, 5.74) is 1.70. The van der Waals surface area contributed by atoms with E-state index in [4.69, 9.17) is 4.74 Å². The van der Waals surface area contributed by atoms with E-state index in [0.29, 0.717) is 58.7 Å². The summed E-state index contributed by atoms with van der Waals surface area (Å²) in [6.45, 7) is 7.62. The molecule has 5 aromatic rings. The fraction of sp³-hybridized carbons (Fsp3) is 0.152. The summed E-state index contributed by atoms with van der Waals surface area (Å²) in [4.78, 5) is 54.3. The molecular weight excluding hydrogens is 490 g/mol. The second kappa shape index (κ2) is 8.33. The summed E-state index contributed by atoms with van der Waals surface area (Å²) in [7, 11) is 0. The van der Waals surface area contributed by atoms with E-state index >= 15 is 0 Å². The second-order valence-corrected chi connectivity index (χ2v) is 10.2. The number of carbonyl (C=O) groups is 4. The van der Waals surface area contributed by atoms with Crippen LogP contribution in [-0.4, -0.2) is 34.7 Å². The molecule has 2 heterocycles. The largest absolute Gasteiger partial charge is 0.386 e. The Hall–Kier alpha value is -4.84. The normalized spacial score (nSPS) is 14.8. The van der Waals surface area contributed by atoms with E-state index in [0.717, 1.165) is 32.3 Å². The quantitative estimate of drug-likeness (QED) is 0.0588. The van der Waals surface area contributed by atoms with Gasteiger partial charge in [0.2, 0.25) is 0 Å². The fourth-order valence-electron chi connectivity index (χ4n) is 6.49. The first kappa shape index (κ1) is 23.3. The fourth-order valence-corrected chi connectivity index (χ4v) is 6.49. The van der Waals surface area contributed by atoms with Gasteiger partial charge in [0.15, 0.2) is 0 Å². The highest BCUT2D eigenvalue weighted by molar-refractivity contribution is 6.40. The predicted octanol–water partition coefficient (Wildman–Crippen LogP) is 6.94. The van der Waals surface area contributed by atoms with Crippen LogP contribution < -0.4 is 0 Å². The number of amides is 2. The summed E-state index contributed by atoms with van der Waals surface area (Å²) in [6, 6.07) is 14.2. The van der Waals surface area contributed by atoms with Gasteiger partial charge in [-0.05, 0) is 82.3 Å². The molecule has 0 saturated heterocycles. The van der Waals surface area contributed by atoms with E-state index in [1.165, 1.54) is 4.90 Å². The molecule has 7 rings (SSSR count). The lowest BCUT2D eigenvalue weighted by atomic mass is 9.82. The average Bonchev–Trinajstić information content (AvgIpc) is 2.94. The average molecular weight is 514 g/mol. The molecule has 190 valence electrons. The SMILES string of the molecule is C=CCCC(CCC=C)N1C(=O)c2ccc3c4ccc5c6c(ccc(c7ccc(c2c37)C1=O)c64)C(=O)OC5=O. The number of hydrogen-bond acceptors (Lipinski definition) is 5. The Kier molecular flexibility index (Phi) is 4.98. The van der Waals surface area contributed by atoms with E-state index in [9.17, 15) is 19.2 Å². The topological polar surface area (TPSA) is 80.8 Å². The summed E-state index contributed by atoms with van der Waals surface area (Å²) in [5.74, 6) is -1.91. The minimum Gasteiger partial charge on any atom is -0.386 e. The van der Waals surface area contributed by atoms with Gasteiger partial charge >= 0.3 is 11.9 Å². The summed E-state index contributed by atoms with van der Waals surface area (Å²) in [5, 5.41) is 6.28. The molecule has 0 atom stereocenters. The molecule has 0 N–H and O–H groups in total. The summed E-state index contributed by atoms with van der Waals surface area (Å²) in [6.07, 6.45) is 6.29. The Morgan fingerprint density at radius 1 is 0.590 bits per heavy atom. The van der Waals surface area contributed by atoms with Crippen LogP contribution in [0.1, 0.15) is 67.1 Å². The van der Waals surface area contributed by atoms with Crippen molar-refractivity contribution in [2.24, 2.45) is 0 Å². The van der Waals surface area contributed by atoms with Crippen molar-refractivity contribution in [3.8, 4) is 0 Å². The maximum Gasteiger partial charge on any atom is 0.346 e. The van der Waals surface area contributed by atoms with Crippen molar-refractivity contribution in [3.63, 3.8) is 0 Å². The zero-order valence-corrected chi connectivity index (χ0v) is 21.1. The number of cyclic esters (lactones) is 2. The third kappa shape index (κ3) is 3.03. The Bertz CT molecular complexity index is 1840. The molecule has 0 spiro atoms. The Balaban J connectivity index is 1.53. The Morgan fingerprint density at radius 2 is 0.974 bits per heavy atom. The van der Waals surface area contributed by atoms with Gasteiger partial charge in [-0.1, -0.05) is 36.4 Å². The van der Waals surface area contributed by atoms with E-state index in [2.05, 4.69) is 13.2 Å². The van der Waals surface area contributed by atoms with Crippen molar-refractivity contribution in [2.45, 2.75) is 31.7 Å². The van der Waals surface area contributed by atoms with Crippen LogP contribution in [0.5, 0.6) is 0 Å². The number of fused-ring (bicyclic) bond motifs is 2. The molecule has 2 aliphatic heterocycles. The number of rotatable bonds is 7. The highest BCUT2D eigenvalue weighted by Gasteiger charge is 2.38. The van der Waals surface area contributed by atoms with Gasteiger partial charge in [-0.3, -0.25) is 14.5 Å². The van der Waals surface area contributed by atoms with E-state index in [1.54, 1.807) is 36.4 Å². The van der Waals surface area contributed by atoms with Gasteiger partial charge in [0.25, 0.3) is 11.8 Å². The van der Waals surface area contributed by atoms with Gasteiger partial charge in [0.05, 0.1) is 11.1 Å².